The SMILES string of the molecule is CO[C@H]1O[C@H](COCc2ccccc2)[C@@H](O[C@@H]2O[C@H](COCc3ccccc3)[C@@H](OCc3ccccc3)[C@H](OCc3ccccc3)[C@H]2OCc2ccccc2)[C@H](OCc2ccccc2)[C@H]1OCc1ccccc1. The van der Waals surface area contributed by atoms with Gasteiger partial charge >= 0.3 is 0 Å². The molecule has 7 aromatic carbocycles. The van der Waals surface area contributed by atoms with Gasteiger partial charge in [0.2, 0.25) is 0 Å². The van der Waals surface area contributed by atoms with Crippen LogP contribution in [0.3, 0.4) is 0 Å². The van der Waals surface area contributed by atoms with Crippen molar-refractivity contribution in [1.82, 2.24) is 0 Å². The van der Waals surface area contributed by atoms with Gasteiger partial charge in [-0.3, -0.25) is 0 Å². The highest BCUT2D eigenvalue weighted by molar-refractivity contribution is 5.19. The fourth-order valence-corrected chi connectivity index (χ4v) is 9.14. The molecule has 0 unspecified atom stereocenters. The van der Waals surface area contributed by atoms with E-state index in [1.165, 1.54) is 0 Å². The average Bonchev–Trinajstić information content (AvgIpc) is 3.45. The molecule has 2 aliphatic rings. The average molecular weight is 987 g/mol. The molecule has 10 atom stereocenters. The first-order valence-electron chi connectivity index (χ1n) is 25.2. The minimum absolute atomic E-state index is 0.124. The van der Waals surface area contributed by atoms with Gasteiger partial charge in [-0.25, -0.2) is 0 Å². The second-order valence-corrected chi connectivity index (χ2v) is 18.2. The molecule has 0 N–H and O–H groups in total. The van der Waals surface area contributed by atoms with Gasteiger partial charge in [0.15, 0.2) is 12.6 Å². The number of hydrogen-bond acceptors (Lipinski definition) is 11. The Hall–Kier alpha value is -5.90. The van der Waals surface area contributed by atoms with Crippen molar-refractivity contribution >= 4 is 0 Å². The highest BCUT2D eigenvalue weighted by Crippen LogP contribution is 2.37. The van der Waals surface area contributed by atoms with Gasteiger partial charge in [-0.05, 0) is 38.9 Å². The Morgan fingerprint density at radius 3 is 0.890 bits per heavy atom. The number of hydrogen-bond donors (Lipinski definition) is 0. The first kappa shape index (κ1) is 52.0. The van der Waals surface area contributed by atoms with Crippen molar-refractivity contribution in [1.29, 1.82) is 0 Å². The topological polar surface area (TPSA) is 102 Å². The van der Waals surface area contributed by atoms with Gasteiger partial charge in [0.05, 0.1) is 59.5 Å². The van der Waals surface area contributed by atoms with Crippen molar-refractivity contribution in [3.05, 3.63) is 251 Å². The molecule has 380 valence electrons. The minimum atomic E-state index is -1.09. The summed E-state index contributed by atoms with van der Waals surface area (Å²) in [4.78, 5) is 0. The van der Waals surface area contributed by atoms with E-state index in [9.17, 15) is 0 Å². The molecule has 11 nitrogen and oxygen atoms in total. The third-order valence-corrected chi connectivity index (χ3v) is 12.9. The second-order valence-electron chi connectivity index (χ2n) is 18.2. The summed E-state index contributed by atoms with van der Waals surface area (Å²) in [5.41, 5.74) is 6.95. The Morgan fingerprint density at radius 1 is 0.288 bits per heavy atom. The van der Waals surface area contributed by atoms with Crippen LogP contribution in [0, 0.1) is 0 Å². The molecular weight excluding hydrogens is 921 g/mol. The van der Waals surface area contributed by atoms with E-state index in [0.717, 1.165) is 38.9 Å². The first-order valence-corrected chi connectivity index (χ1v) is 25.2. The van der Waals surface area contributed by atoms with Gasteiger partial charge in [-0.15, -0.1) is 0 Å². The van der Waals surface area contributed by atoms with Crippen molar-refractivity contribution in [3.8, 4) is 0 Å². The van der Waals surface area contributed by atoms with E-state index < -0.39 is 61.4 Å². The van der Waals surface area contributed by atoms with Crippen LogP contribution in [0.1, 0.15) is 38.9 Å². The van der Waals surface area contributed by atoms with Gasteiger partial charge in [-0.1, -0.05) is 212 Å². The maximum absolute atomic E-state index is 7.51. The van der Waals surface area contributed by atoms with Crippen LogP contribution in [0.25, 0.3) is 0 Å². The standard InChI is InChI=1S/C62H66O11/c1-63-61-59(69-42-51-33-19-7-20-34-51)58(68-41-50-31-17-6-18-32-50)56(54(71-61)45-65-38-47-25-11-3-12-26-47)73-62-60(70-43-52-35-21-8-22-36-52)57(67-40-49-29-15-5-16-30-49)55(66-39-48-27-13-4-14-28-48)53(72-62)44-64-37-46-23-9-2-10-24-46/h2-36,53-62H,37-45H2,1H3/t53-,54-,55-,56-,57+,58+,59-,60-,61+,62+/m1/s1. The van der Waals surface area contributed by atoms with Crippen LogP contribution >= 0.6 is 0 Å². The van der Waals surface area contributed by atoms with Crippen LogP contribution in [-0.2, 0) is 98.4 Å². The summed E-state index contributed by atoms with van der Waals surface area (Å²) < 4.78 is 75.9. The summed E-state index contributed by atoms with van der Waals surface area (Å²) >= 11 is 0. The minimum Gasteiger partial charge on any atom is -0.374 e. The molecule has 2 heterocycles. The van der Waals surface area contributed by atoms with Gasteiger partial charge in [0.1, 0.15) is 48.8 Å². The van der Waals surface area contributed by atoms with Crippen molar-refractivity contribution in [2.45, 2.75) is 108 Å². The largest absolute Gasteiger partial charge is 0.374 e. The molecule has 9 rings (SSSR count). The van der Waals surface area contributed by atoms with E-state index in [-0.39, 0.29) is 46.2 Å². The summed E-state index contributed by atoms with van der Waals surface area (Å²) in [6, 6.07) is 70.4. The number of rotatable bonds is 26. The molecule has 0 aliphatic carbocycles. The molecule has 0 saturated carbocycles. The Morgan fingerprint density at radius 2 is 0.548 bits per heavy atom. The molecule has 0 bridgehead atoms. The molecule has 2 aliphatic heterocycles. The summed E-state index contributed by atoms with van der Waals surface area (Å²) in [6.45, 7) is 2.27. The molecular formula is C62H66O11. The van der Waals surface area contributed by atoms with E-state index in [2.05, 4.69) is 0 Å². The molecule has 11 heteroatoms. The quantitative estimate of drug-likeness (QED) is 0.0518. The van der Waals surface area contributed by atoms with Crippen molar-refractivity contribution in [2.75, 3.05) is 20.3 Å². The zero-order valence-electron chi connectivity index (χ0n) is 41.3. The Bertz CT molecular complexity index is 2560. The molecule has 0 amide bonds. The Kier molecular flexibility index (Phi) is 19.9. The zero-order chi connectivity index (χ0) is 49.7. The van der Waals surface area contributed by atoms with Crippen molar-refractivity contribution in [2.24, 2.45) is 0 Å². The van der Waals surface area contributed by atoms with Gasteiger partial charge in [0.25, 0.3) is 0 Å². The van der Waals surface area contributed by atoms with E-state index in [1.54, 1.807) is 7.11 Å². The third-order valence-electron chi connectivity index (χ3n) is 12.9. The van der Waals surface area contributed by atoms with Crippen molar-refractivity contribution in [3.63, 3.8) is 0 Å². The maximum atomic E-state index is 7.51. The van der Waals surface area contributed by atoms with Crippen LogP contribution < -0.4 is 0 Å². The van der Waals surface area contributed by atoms with Gasteiger partial charge in [-0.2, -0.15) is 0 Å². The highest BCUT2D eigenvalue weighted by Gasteiger charge is 2.54. The van der Waals surface area contributed by atoms with Crippen LogP contribution in [0.5, 0.6) is 0 Å². The first-order chi connectivity index (χ1) is 36.2. The number of methoxy groups -OCH3 is 1. The lowest BCUT2D eigenvalue weighted by atomic mass is 9.95. The van der Waals surface area contributed by atoms with E-state index in [0.29, 0.717) is 13.2 Å². The van der Waals surface area contributed by atoms with Gasteiger partial charge in [0, 0.05) is 7.11 Å². The van der Waals surface area contributed by atoms with Crippen LogP contribution in [-0.4, -0.2) is 81.7 Å². The molecule has 7 aromatic rings. The molecule has 2 saturated heterocycles. The monoisotopic (exact) mass is 986 g/mol. The second kappa shape index (κ2) is 28.0. The van der Waals surface area contributed by atoms with E-state index in [4.69, 9.17) is 52.1 Å². The zero-order valence-corrected chi connectivity index (χ0v) is 41.3. The third kappa shape index (κ3) is 15.3. The van der Waals surface area contributed by atoms with Gasteiger partial charge < -0.3 is 52.1 Å². The normalized spacial score (nSPS) is 24.0. The lowest BCUT2D eigenvalue weighted by Gasteiger charge is -2.50. The van der Waals surface area contributed by atoms with Crippen LogP contribution in [0.2, 0.25) is 0 Å². The predicted molar refractivity (Wildman–Crippen MR) is 276 cm³/mol. The maximum Gasteiger partial charge on any atom is 0.187 e. The lowest BCUT2D eigenvalue weighted by Crippen LogP contribution is -2.66. The smallest absolute Gasteiger partial charge is 0.187 e. The summed E-state index contributed by atoms with van der Waals surface area (Å²) in [5.74, 6) is 0. The van der Waals surface area contributed by atoms with E-state index in [1.807, 2.05) is 212 Å². The molecule has 2 fully saturated rings. The summed E-state index contributed by atoms with van der Waals surface area (Å²) in [6.07, 6.45) is -8.10. The van der Waals surface area contributed by atoms with Crippen LogP contribution in [0.4, 0.5) is 0 Å². The lowest BCUT2D eigenvalue weighted by molar-refractivity contribution is -0.376. The highest BCUT2D eigenvalue weighted by atomic mass is 16.8. The van der Waals surface area contributed by atoms with E-state index >= 15 is 0 Å². The molecule has 73 heavy (non-hydrogen) atoms. The molecule has 0 aromatic heterocycles. The molecule has 0 radical (unpaired) electrons. The Balaban J connectivity index is 1.11. The summed E-state index contributed by atoms with van der Waals surface area (Å²) in [5, 5.41) is 0. The number of ether oxygens (including phenoxy) is 11. The van der Waals surface area contributed by atoms with Crippen LogP contribution in [0.15, 0.2) is 212 Å². The Labute approximate surface area is 429 Å². The van der Waals surface area contributed by atoms with Crippen molar-refractivity contribution < 1.29 is 52.1 Å². The number of benzene rings is 7. The fraction of sp³-hybridized carbons (Fsp3) is 0.323. The predicted octanol–water partition coefficient (Wildman–Crippen LogP) is 10.8. The fourth-order valence-electron chi connectivity index (χ4n) is 9.14. The molecule has 0 spiro atoms. The summed E-state index contributed by atoms with van der Waals surface area (Å²) in [7, 11) is 1.61.